The molecule has 252 valence electrons. The van der Waals surface area contributed by atoms with E-state index in [9.17, 15) is 34.7 Å². The van der Waals surface area contributed by atoms with Crippen LogP contribution in [0.25, 0.3) is 5.57 Å². The van der Waals surface area contributed by atoms with E-state index in [0.29, 0.717) is 27.5 Å². The summed E-state index contributed by atoms with van der Waals surface area (Å²) < 4.78 is 5.19. The summed E-state index contributed by atoms with van der Waals surface area (Å²) in [6.07, 6.45) is 4.80. The van der Waals surface area contributed by atoms with Crippen LogP contribution in [0.4, 0.5) is 5.69 Å². The molecule has 1 atom stereocenters. The standard InChI is InChI=1S/C14H12O3.C10H11ClO3S2.C10H9NO4/c15-12-8-6-11(7-9-12)13(14(16)17)10-4-2-1-3-5-10;1-15-8-4-7(14-5-10(12)13)9(16-2)3-6(8)11;1-7(5-10(12)13)8-3-2-4-9(6-8)11(14)15/h1-9,13,15H,(H,16,17);3-4H,5H2,1-2H3,(H,12,13);2-6H,1H3,(H,12,13). The van der Waals surface area contributed by atoms with Crippen molar-refractivity contribution in [1.82, 2.24) is 0 Å². The Hall–Kier alpha value is -4.98. The SMILES string of the molecule is CC(=CC(=O)O)c1cccc([N+](=O)[O-])c1.CSc1cc(OCC(=O)O)c(SC)cc1Cl.O=C(O)C(c1ccccc1)c1ccc(O)cc1. The molecule has 0 saturated heterocycles. The number of hydrogen-bond donors (Lipinski definition) is 4. The molecule has 0 aliphatic carbocycles. The maximum Gasteiger partial charge on any atom is 0.341 e. The highest BCUT2D eigenvalue weighted by Crippen LogP contribution is 2.37. The highest BCUT2D eigenvalue weighted by Gasteiger charge is 2.21. The normalized spacial score (nSPS) is 11.1. The smallest absolute Gasteiger partial charge is 0.341 e. The number of ether oxygens (including phenoxy) is 1. The molecule has 11 nitrogen and oxygen atoms in total. The average molecular weight is 714 g/mol. The molecule has 0 aromatic heterocycles. The number of hydrogen-bond acceptors (Lipinski definition) is 9. The van der Waals surface area contributed by atoms with Crippen molar-refractivity contribution < 1.29 is 44.5 Å². The van der Waals surface area contributed by atoms with Crippen LogP contribution in [0, 0.1) is 10.1 Å². The number of nitro benzene ring substituents is 1. The number of carbonyl (C=O) groups is 3. The van der Waals surface area contributed by atoms with Gasteiger partial charge in [-0.05, 0) is 66.0 Å². The van der Waals surface area contributed by atoms with Crippen LogP contribution in [0.1, 0.15) is 29.5 Å². The summed E-state index contributed by atoms with van der Waals surface area (Å²) in [7, 11) is 0. The lowest BCUT2D eigenvalue weighted by molar-refractivity contribution is -0.384. The van der Waals surface area contributed by atoms with Gasteiger partial charge in [-0.1, -0.05) is 66.2 Å². The first-order chi connectivity index (χ1) is 22.8. The van der Waals surface area contributed by atoms with E-state index in [2.05, 4.69) is 0 Å². The minimum atomic E-state index is -1.07. The number of phenolic OH excluding ortho intramolecular Hbond substituents is 1. The monoisotopic (exact) mass is 713 g/mol. The summed E-state index contributed by atoms with van der Waals surface area (Å²) in [4.78, 5) is 43.8. The van der Waals surface area contributed by atoms with Gasteiger partial charge in [-0.2, -0.15) is 0 Å². The second kappa shape index (κ2) is 19.6. The van der Waals surface area contributed by atoms with Gasteiger partial charge in [0.15, 0.2) is 6.61 Å². The zero-order valence-electron chi connectivity index (χ0n) is 25.9. The van der Waals surface area contributed by atoms with Crippen molar-refractivity contribution >= 4 is 64.3 Å². The summed E-state index contributed by atoms with van der Waals surface area (Å²) in [5, 5.41) is 46.7. The van der Waals surface area contributed by atoms with Gasteiger partial charge >= 0.3 is 17.9 Å². The van der Waals surface area contributed by atoms with Crippen molar-refractivity contribution in [3.8, 4) is 11.5 Å². The second-order valence-corrected chi connectivity index (χ2v) is 11.7. The largest absolute Gasteiger partial charge is 0.508 e. The van der Waals surface area contributed by atoms with Crippen molar-refractivity contribution in [3.05, 3.63) is 129 Å². The number of aliphatic carboxylic acids is 3. The quantitative estimate of drug-likeness (QED) is 0.0510. The van der Waals surface area contributed by atoms with Gasteiger partial charge in [0.25, 0.3) is 5.69 Å². The molecule has 0 saturated carbocycles. The van der Waals surface area contributed by atoms with Crippen LogP contribution in [0.2, 0.25) is 5.02 Å². The van der Waals surface area contributed by atoms with Crippen molar-refractivity contribution in [1.29, 1.82) is 0 Å². The molecule has 4 rings (SSSR count). The van der Waals surface area contributed by atoms with E-state index in [1.54, 1.807) is 49.4 Å². The van der Waals surface area contributed by atoms with Crippen molar-refractivity contribution in [2.45, 2.75) is 22.6 Å². The van der Waals surface area contributed by atoms with Gasteiger partial charge in [0.2, 0.25) is 0 Å². The number of aromatic hydroxyl groups is 1. The Labute approximate surface area is 290 Å². The van der Waals surface area contributed by atoms with Gasteiger partial charge in [0, 0.05) is 23.1 Å². The number of phenols is 1. The summed E-state index contributed by atoms with van der Waals surface area (Å²) in [6, 6.07) is 24.7. The maximum absolute atomic E-state index is 11.3. The van der Waals surface area contributed by atoms with Gasteiger partial charge in [-0.15, -0.1) is 23.5 Å². The zero-order valence-corrected chi connectivity index (χ0v) is 28.3. The number of carboxylic acids is 3. The van der Waals surface area contributed by atoms with Crippen LogP contribution in [-0.4, -0.2) is 62.4 Å². The summed E-state index contributed by atoms with van der Waals surface area (Å²) in [6.45, 7) is 1.25. The Balaban J connectivity index is 0.000000251. The number of nitrogens with zero attached hydrogens (tertiary/aromatic N) is 1. The Kier molecular flexibility index (Phi) is 16.0. The van der Waals surface area contributed by atoms with Crippen molar-refractivity contribution in [2.75, 3.05) is 19.1 Å². The van der Waals surface area contributed by atoms with E-state index < -0.39 is 28.7 Å². The fourth-order valence-corrected chi connectivity index (χ4v) is 5.50. The summed E-state index contributed by atoms with van der Waals surface area (Å²) in [5.74, 6) is -2.97. The van der Waals surface area contributed by atoms with Crippen LogP contribution < -0.4 is 4.74 Å². The second-order valence-electron chi connectivity index (χ2n) is 9.57. The minimum Gasteiger partial charge on any atom is -0.508 e. The van der Waals surface area contributed by atoms with Crippen LogP contribution >= 0.6 is 35.1 Å². The van der Waals surface area contributed by atoms with Gasteiger partial charge < -0.3 is 25.2 Å². The highest BCUT2D eigenvalue weighted by molar-refractivity contribution is 7.99. The average Bonchev–Trinajstić information content (AvgIpc) is 3.05. The fraction of sp³-hybridized carbons (Fsp3) is 0.147. The third-order valence-electron chi connectivity index (χ3n) is 6.25. The highest BCUT2D eigenvalue weighted by atomic mass is 35.5. The van der Waals surface area contributed by atoms with E-state index in [0.717, 1.165) is 21.4 Å². The van der Waals surface area contributed by atoms with Gasteiger partial charge in [0.1, 0.15) is 17.4 Å². The number of allylic oxidation sites excluding steroid dienone is 1. The van der Waals surface area contributed by atoms with Crippen molar-refractivity contribution in [2.24, 2.45) is 0 Å². The Bertz CT molecular complexity index is 1750. The van der Waals surface area contributed by atoms with E-state index in [4.69, 9.17) is 26.6 Å². The van der Waals surface area contributed by atoms with Crippen LogP contribution in [-0.2, 0) is 14.4 Å². The Morgan fingerprint density at radius 1 is 0.875 bits per heavy atom. The number of carboxylic acid groups (broad SMARTS) is 3. The molecule has 48 heavy (non-hydrogen) atoms. The number of thioether (sulfide) groups is 2. The Morgan fingerprint density at radius 2 is 1.48 bits per heavy atom. The molecule has 4 aromatic carbocycles. The molecule has 1 unspecified atom stereocenters. The molecule has 0 fully saturated rings. The van der Waals surface area contributed by atoms with Gasteiger partial charge in [0.05, 0.1) is 14.8 Å². The molecule has 4 N–H and O–H groups in total. The number of non-ortho nitro benzene ring substituents is 1. The van der Waals surface area contributed by atoms with Crippen LogP contribution in [0.15, 0.2) is 107 Å². The van der Waals surface area contributed by atoms with Crippen LogP contribution in [0.3, 0.4) is 0 Å². The van der Waals surface area contributed by atoms with E-state index in [-0.39, 0.29) is 18.0 Å². The molecular weight excluding hydrogens is 682 g/mol. The molecule has 14 heteroatoms. The summed E-state index contributed by atoms with van der Waals surface area (Å²) >= 11 is 9.00. The first-order valence-corrected chi connectivity index (χ1v) is 16.6. The molecular formula is C34H32ClNO10S2. The first-order valence-electron chi connectivity index (χ1n) is 13.8. The fourth-order valence-electron chi connectivity index (χ4n) is 4.01. The Morgan fingerprint density at radius 3 is 2.00 bits per heavy atom. The van der Waals surface area contributed by atoms with E-state index >= 15 is 0 Å². The maximum atomic E-state index is 11.3. The first kappa shape index (κ1) is 39.2. The number of benzene rings is 4. The molecule has 0 aliphatic heterocycles. The van der Waals surface area contributed by atoms with Gasteiger partial charge in [-0.25, -0.2) is 9.59 Å². The van der Waals surface area contributed by atoms with Crippen molar-refractivity contribution in [3.63, 3.8) is 0 Å². The molecule has 0 bridgehead atoms. The van der Waals surface area contributed by atoms with E-state index in [1.165, 1.54) is 53.9 Å². The molecule has 0 aliphatic rings. The molecule has 0 amide bonds. The lowest BCUT2D eigenvalue weighted by Crippen LogP contribution is -2.12. The predicted octanol–water partition coefficient (Wildman–Crippen LogP) is 7.94. The van der Waals surface area contributed by atoms with Crippen LogP contribution in [0.5, 0.6) is 11.5 Å². The lowest BCUT2D eigenvalue weighted by atomic mass is 9.91. The minimum absolute atomic E-state index is 0.0503. The molecule has 4 aromatic rings. The third kappa shape index (κ3) is 12.7. The number of rotatable bonds is 11. The zero-order chi connectivity index (χ0) is 35.8. The topological polar surface area (TPSA) is 184 Å². The molecule has 0 spiro atoms. The van der Waals surface area contributed by atoms with E-state index in [1.807, 2.05) is 30.7 Å². The third-order valence-corrected chi connectivity index (χ3v) is 8.21. The molecule has 0 heterocycles. The van der Waals surface area contributed by atoms with Gasteiger partial charge in [-0.3, -0.25) is 14.9 Å². The predicted molar refractivity (Wildman–Crippen MR) is 187 cm³/mol. The number of nitro groups is 1. The number of halogens is 1. The summed E-state index contributed by atoms with van der Waals surface area (Å²) in [5.41, 5.74) is 2.34. The molecule has 0 radical (unpaired) electrons. The lowest BCUT2D eigenvalue weighted by Gasteiger charge is -2.13.